The van der Waals surface area contributed by atoms with E-state index in [1.807, 2.05) is 24.3 Å². The van der Waals surface area contributed by atoms with E-state index >= 15 is 0 Å². The number of hydrogen-bond donors (Lipinski definition) is 3. The highest BCUT2D eigenvalue weighted by molar-refractivity contribution is 5.94. The number of anilines is 1. The average molecular weight is 421 g/mol. The summed E-state index contributed by atoms with van der Waals surface area (Å²) in [6.45, 7) is 15.6. The van der Waals surface area contributed by atoms with Crippen LogP contribution in [0.3, 0.4) is 0 Å². The first-order chi connectivity index (χ1) is 15.2. The molecular formula is C25H36N6. The molecule has 31 heavy (non-hydrogen) atoms. The van der Waals surface area contributed by atoms with Crippen LogP contribution in [0.15, 0.2) is 56.1 Å². The van der Waals surface area contributed by atoms with Crippen molar-refractivity contribution in [2.45, 2.75) is 38.1 Å². The lowest BCUT2D eigenvalue weighted by atomic mass is 10.1. The molecule has 0 aliphatic heterocycles. The number of nitrogens with zero attached hydrogens (tertiary/aromatic N) is 3. The topological polar surface area (TPSA) is 80.8 Å². The van der Waals surface area contributed by atoms with E-state index in [2.05, 4.69) is 51.1 Å². The van der Waals surface area contributed by atoms with E-state index in [0.717, 1.165) is 62.0 Å². The predicted molar refractivity (Wildman–Crippen MR) is 132 cm³/mol. The summed E-state index contributed by atoms with van der Waals surface area (Å²) < 4.78 is 2.28. The molecule has 0 spiro atoms. The van der Waals surface area contributed by atoms with Gasteiger partial charge < -0.3 is 20.9 Å². The first kappa shape index (κ1) is 23.0. The highest BCUT2D eigenvalue weighted by atomic mass is 15.1. The first-order valence-electron chi connectivity index (χ1n) is 11.3. The quantitative estimate of drug-likeness (QED) is 0.333. The van der Waals surface area contributed by atoms with Gasteiger partial charge in [0, 0.05) is 17.8 Å². The monoisotopic (exact) mass is 420 g/mol. The normalized spacial score (nSPS) is 19.0. The standard InChI is InChI=1S/C25H36N6/c1-4-8-19(5-2)11-14-27-12-7-13-28-16-20-9-10-22(15-20)31-17-21(6-3)23-24(26)29-18-30-25(23)31/h4-6,8,17-18,20,22,27-28H,1-3,7,9-16H2,(H2,26,29,30)/b19-8+/t20-,22+/m1/s1. The van der Waals surface area contributed by atoms with E-state index in [-0.39, 0.29) is 0 Å². The number of nitrogens with two attached hydrogens (primary N) is 1. The van der Waals surface area contributed by atoms with Gasteiger partial charge in [0.2, 0.25) is 0 Å². The molecule has 1 aliphatic carbocycles. The average Bonchev–Trinajstić information content (AvgIpc) is 3.39. The smallest absolute Gasteiger partial charge is 0.146 e. The molecule has 0 amide bonds. The summed E-state index contributed by atoms with van der Waals surface area (Å²) in [6, 6.07) is 0.460. The Bertz CT molecular complexity index is 925. The Morgan fingerprint density at radius 1 is 1.16 bits per heavy atom. The molecule has 2 aromatic heterocycles. The third-order valence-electron chi connectivity index (χ3n) is 6.12. The van der Waals surface area contributed by atoms with Crippen molar-refractivity contribution in [3.05, 3.63) is 61.6 Å². The number of nitrogen functional groups attached to an aromatic ring is 1. The van der Waals surface area contributed by atoms with Crippen LogP contribution in [0.4, 0.5) is 5.82 Å². The van der Waals surface area contributed by atoms with Gasteiger partial charge in [0.05, 0.1) is 5.39 Å². The summed E-state index contributed by atoms with van der Waals surface area (Å²) in [7, 11) is 0. The van der Waals surface area contributed by atoms with Gasteiger partial charge in [-0.3, -0.25) is 0 Å². The van der Waals surface area contributed by atoms with Crippen molar-refractivity contribution in [2.24, 2.45) is 5.92 Å². The molecule has 1 aliphatic rings. The van der Waals surface area contributed by atoms with Gasteiger partial charge in [-0.2, -0.15) is 0 Å². The van der Waals surface area contributed by atoms with Crippen LogP contribution >= 0.6 is 0 Å². The fourth-order valence-corrected chi connectivity index (χ4v) is 4.46. The van der Waals surface area contributed by atoms with Crippen LogP contribution in [0.25, 0.3) is 17.1 Å². The number of allylic oxidation sites excluding steroid dienone is 3. The van der Waals surface area contributed by atoms with Crippen LogP contribution in [-0.4, -0.2) is 40.7 Å². The lowest BCUT2D eigenvalue weighted by Gasteiger charge is -2.15. The molecule has 0 saturated heterocycles. The molecule has 4 N–H and O–H groups in total. The molecule has 0 bridgehead atoms. The molecule has 2 heterocycles. The van der Waals surface area contributed by atoms with Crippen LogP contribution in [0, 0.1) is 5.92 Å². The van der Waals surface area contributed by atoms with Gasteiger partial charge in [0.15, 0.2) is 0 Å². The molecule has 3 rings (SSSR count). The number of fused-ring (bicyclic) bond motifs is 1. The van der Waals surface area contributed by atoms with Gasteiger partial charge in [-0.25, -0.2) is 9.97 Å². The van der Waals surface area contributed by atoms with Crippen molar-refractivity contribution in [1.29, 1.82) is 0 Å². The van der Waals surface area contributed by atoms with Crippen LogP contribution in [0.5, 0.6) is 0 Å². The van der Waals surface area contributed by atoms with Gasteiger partial charge in [0.1, 0.15) is 17.8 Å². The Kier molecular flexibility index (Phi) is 8.62. The third kappa shape index (κ3) is 5.93. The second kappa shape index (κ2) is 11.6. The first-order valence-corrected chi connectivity index (χ1v) is 11.3. The molecular weight excluding hydrogens is 384 g/mol. The maximum atomic E-state index is 6.09. The zero-order valence-electron chi connectivity index (χ0n) is 18.5. The zero-order chi connectivity index (χ0) is 22.1. The van der Waals surface area contributed by atoms with E-state index in [1.54, 1.807) is 6.33 Å². The fraction of sp³-hybridized carbons (Fsp3) is 0.440. The summed E-state index contributed by atoms with van der Waals surface area (Å²) in [6.07, 6.45) is 16.9. The van der Waals surface area contributed by atoms with Crippen molar-refractivity contribution >= 4 is 22.9 Å². The summed E-state index contributed by atoms with van der Waals surface area (Å²) in [5.41, 5.74) is 9.26. The van der Waals surface area contributed by atoms with E-state index in [4.69, 9.17) is 5.73 Å². The minimum atomic E-state index is 0.460. The fourth-order valence-electron chi connectivity index (χ4n) is 4.46. The predicted octanol–water partition coefficient (Wildman–Crippen LogP) is 4.26. The summed E-state index contributed by atoms with van der Waals surface area (Å²) in [5.74, 6) is 1.22. The van der Waals surface area contributed by atoms with Crippen LogP contribution in [0.1, 0.15) is 43.7 Å². The minimum Gasteiger partial charge on any atom is -0.383 e. The van der Waals surface area contributed by atoms with Gasteiger partial charge in [-0.1, -0.05) is 44.0 Å². The Labute approximate surface area is 186 Å². The van der Waals surface area contributed by atoms with Gasteiger partial charge in [0.25, 0.3) is 0 Å². The maximum Gasteiger partial charge on any atom is 0.146 e. The molecule has 6 heteroatoms. The summed E-state index contributed by atoms with van der Waals surface area (Å²) in [5, 5.41) is 8.06. The summed E-state index contributed by atoms with van der Waals surface area (Å²) >= 11 is 0. The number of aromatic nitrogens is 3. The highest BCUT2D eigenvalue weighted by Crippen LogP contribution is 2.38. The molecule has 0 radical (unpaired) electrons. The van der Waals surface area contributed by atoms with Gasteiger partial charge >= 0.3 is 0 Å². The summed E-state index contributed by atoms with van der Waals surface area (Å²) in [4.78, 5) is 8.65. The Morgan fingerprint density at radius 2 is 2.00 bits per heavy atom. The second-order valence-corrected chi connectivity index (χ2v) is 8.23. The van der Waals surface area contributed by atoms with E-state index < -0.39 is 0 Å². The Morgan fingerprint density at radius 3 is 2.77 bits per heavy atom. The van der Waals surface area contributed by atoms with E-state index in [0.29, 0.717) is 17.8 Å². The number of nitrogens with one attached hydrogen (secondary N) is 2. The molecule has 0 unspecified atom stereocenters. The molecule has 1 fully saturated rings. The van der Waals surface area contributed by atoms with Crippen molar-refractivity contribution in [1.82, 2.24) is 25.2 Å². The third-order valence-corrected chi connectivity index (χ3v) is 6.12. The Balaban J connectivity index is 1.38. The zero-order valence-corrected chi connectivity index (χ0v) is 18.5. The molecule has 2 atom stereocenters. The maximum absolute atomic E-state index is 6.09. The van der Waals surface area contributed by atoms with Crippen molar-refractivity contribution in [3.8, 4) is 0 Å². The minimum absolute atomic E-state index is 0.460. The van der Waals surface area contributed by atoms with Crippen LogP contribution in [-0.2, 0) is 0 Å². The number of rotatable bonds is 13. The molecule has 166 valence electrons. The molecule has 2 aromatic rings. The second-order valence-electron chi connectivity index (χ2n) is 8.23. The number of hydrogen-bond acceptors (Lipinski definition) is 5. The van der Waals surface area contributed by atoms with Crippen molar-refractivity contribution < 1.29 is 0 Å². The van der Waals surface area contributed by atoms with Crippen LogP contribution in [0.2, 0.25) is 0 Å². The van der Waals surface area contributed by atoms with Gasteiger partial charge in [-0.05, 0) is 69.8 Å². The van der Waals surface area contributed by atoms with Crippen molar-refractivity contribution in [2.75, 3.05) is 31.9 Å². The largest absolute Gasteiger partial charge is 0.383 e. The lowest BCUT2D eigenvalue weighted by molar-refractivity contribution is 0.452. The molecule has 0 aromatic carbocycles. The van der Waals surface area contributed by atoms with E-state index in [9.17, 15) is 0 Å². The lowest BCUT2D eigenvalue weighted by Crippen LogP contribution is -2.26. The highest BCUT2D eigenvalue weighted by Gasteiger charge is 2.27. The molecule has 6 nitrogen and oxygen atoms in total. The van der Waals surface area contributed by atoms with E-state index in [1.165, 1.54) is 18.4 Å². The van der Waals surface area contributed by atoms with Crippen molar-refractivity contribution in [3.63, 3.8) is 0 Å². The van der Waals surface area contributed by atoms with Crippen LogP contribution < -0.4 is 16.4 Å². The molecule has 1 saturated carbocycles. The van der Waals surface area contributed by atoms with Gasteiger partial charge in [-0.15, -0.1) is 0 Å². The Hall–Kier alpha value is -2.70. The SMILES string of the molecule is C=C/C=C(\C=C)CCNCCCNC[C@@H]1CC[C@H](n2cc(C=C)c3c(N)ncnc32)C1.